The molecule has 1 aromatic rings. The van der Waals surface area contributed by atoms with Crippen molar-refractivity contribution in [1.82, 2.24) is 5.43 Å². The van der Waals surface area contributed by atoms with Crippen molar-refractivity contribution < 1.29 is 24.6 Å². The monoisotopic (exact) mass is 465 g/mol. The van der Waals surface area contributed by atoms with Gasteiger partial charge in [0.15, 0.2) is 5.78 Å². The molecule has 0 aromatic carbocycles. The molecule has 32 heavy (non-hydrogen) atoms. The van der Waals surface area contributed by atoms with Crippen LogP contribution in [-0.2, 0) is 11.2 Å². The quantitative estimate of drug-likeness (QED) is 0.371. The summed E-state index contributed by atoms with van der Waals surface area (Å²) in [4.78, 5) is 37.6. The Morgan fingerprint density at radius 2 is 1.91 bits per heavy atom. The van der Waals surface area contributed by atoms with Crippen LogP contribution in [0.5, 0.6) is 0 Å². The van der Waals surface area contributed by atoms with E-state index in [1.165, 1.54) is 6.42 Å². The molecule has 1 fully saturated rings. The summed E-state index contributed by atoms with van der Waals surface area (Å²) in [5.41, 5.74) is 11.7. The fourth-order valence-corrected chi connectivity index (χ4v) is 6.34. The maximum Gasteiger partial charge on any atom is 0.346 e. The minimum Gasteiger partial charge on any atom is -0.477 e. The van der Waals surface area contributed by atoms with Crippen LogP contribution >= 0.6 is 11.3 Å². The van der Waals surface area contributed by atoms with Gasteiger partial charge in [-0.3, -0.25) is 20.4 Å². The summed E-state index contributed by atoms with van der Waals surface area (Å²) in [5.74, 6) is -1.73. The van der Waals surface area contributed by atoms with Crippen molar-refractivity contribution in [2.45, 2.75) is 84.3 Å². The summed E-state index contributed by atoms with van der Waals surface area (Å²) < 4.78 is 0. The number of aromatic carboxylic acids is 1. The van der Waals surface area contributed by atoms with Gasteiger partial charge < -0.3 is 15.9 Å². The molecule has 0 saturated heterocycles. The smallest absolute Gasteiger partial charge is 0.346 e. The number of carbonyl (C=O) groups excluding carboxylic acids is 2. The first-order valence-corrected chi connectivity index (χ1v) is 12.3. The molecule has 1 heterocycles. The number of rotatable bonds is 8. The summed E-state index contributed by atoms with van der Waals surface area (Å²) in [6.45, 7) is 5.90. The van der Waals surface area contributed by atoms with Crippen molar-refractivity contribution in [1.29, 1.82) is 0 Å². The summed E-state index contributed by atoms with van der Waals surface area (Å²) in [6, 6.07) is -0.682. The molecule has 2 aliphatic rings. The number of carboxylic acid groups (broad SMARTS) is 1. The number of hydrazine groups is 1. The van der Waals surface area contributed by atoms with Crippen LogP contribution in [0.15, 0.2) is 0 Å². The van der Waals surface area contributed by atoms with E-state index in [2.05, 4.69) is 10.9 Å². The van der Waals surface area contributed by atoms with Crippen LogP contribution in [0, 0.1) is 17.3 Å². The Balaban J connectivity index is 1.73. The predicted molar refractivity (Wildman–Crippen MR) is 124 cm³/mol. The lowest BCUT2D eigenvalue weighted by Crippen LogP contribution is -2.48. The van der Waals surface area contributed by atoms with Gasteiger partial charge in [-0.1, -0.05) is 52.9 Å². The van der Waals surface area contributed by atoms with Gasteiger partial charge in [0.2, 0.25) is 0 Å². The zero-order chi connectivity index (χ0) is 23.6. The van der Waals surface area contributed by atoms with Crippen LogP contribution < -0.4 is 16.6 Å². The Labute approximate surface area is 192 Å². The fraction of sp³-hybridized carbons (Fsp3) is 0.696. The second-order valence-corrected chi connectivity index (χ2v) is 10.9. The summed E-state index contributed by atoms with van der Waals surface area (Å²) in [6.07, 6.45) is 5.96. The maximum absolute atomic E-state index is 13.2. The molecule has 2 aliphatic carbocycles. The van der Waals surface area contributed by atoms with Gasteiger partial charge in [0.1, 0.15) is 16.0 Å². The first-order chi connectivity index (χ1) is 15.1. The average molecular weight is 466 g/mol. The van der Waals surface area contributed by atoms with Crippen molar-refractivity contribution in [2.24, 2.45) is 23.0 Å². The van der Waals surface area contributed by atoms with E-state index < -0.39 is 24.0 Å². The Morgan fingerprint density at radius 1 is 1.25 bits per heavy atom. The Hall–Kier alpha value is -1.97. The van der Waals surface area contributed by atoms with E-state index in [0.717, 1.165) is 37.0 Å². The lowest BCUT2D eigenvalue weighted by atomic mass is 9.65. The van der Waals surface area contributed by atoms with Crippen molar-refractivity contribution in [3.8, 4) is 0 Å². The normalized spacial score (nSPS) is 22.7. The highest BCUT2D eigenvalue weighted by molar-refractivity contribution is 7.18. The van der Waals surface area contributed by atoms with Gasteiger partial charge in [-0.2, -0.15) is 0 Å². The maximum atomic E-state index is 13.2. The van der Waals surface area contributed by atoms with Crippen molar-refractivity contribution in [2.75, 3.05) is 5.43 Å². The lowest BCUT2D eigenvalue weighted by molar-refractivity contribution is -0.130. The first-order valence-electron chi connectivity index (χ1n) is 11.5. The van der Waals surface area contributed by atoms with Gasteiger partial charge in [-0.25, -0.2) is 4.79 Å². The van der Waals surface area contributed by atoms with E-state index in [4.69, 9.17) is 5.73 Å². The van der Waals surface area contributed by atoms with E-state index in [-0.39, 0.29) is 27.0 Å². The molecule has 0 aliphatic heterocycles. The molecule has 1 aromatic heterocycles. The Bertz CT molecular complexity index is 875. The number of nitrogens with one attached hydrogen (secondary N) is 2. The molecule has 3 rings (SSSR count). The zero-order valence-corrected chi connectivity index (χ0v) is 19.9. The molecule has 0 spiro atoms. The highest BCUT2D eigenvalue weighted by atomic mass is 32.1. The Kier molecular flexibility index (Phi) is 7.62. The number of hydrogen-bond acceptors (Lipinski definition) is 7. The highest BCUT2D eigenvalue weighted by Crippen LogP contribution is 2.47. The molecule has 3 atom stereocenters. The van der Waals surface area contributed by atoms with E-state index in [1.807, 2.05) is 20.8 Å². The summed E-state index contributed by atoms with van der Waals surface area (Å²) in [5, 5.41) is 20.3. The van der Waals surface area contributed by atoms with Gasteiger partial charge in [-0.05, 0) is 36.2 Å². The minimum atomic E-state index is -1.39. The van der Waals surface area contributed by atoms with Gasteiger partial charge in [-0.15, -0.1) is 11.3 Å². The fourth-order valence-electron chi connectivity index (χ4n) is 5.32. The third kappa shape index (κ3) is 5.00. The van der Waals surface area contributed by atoms with Gasteiger partial charge in [0.25, 0.3) is 5.91 Å². The van der Waals surface area contributed by atoms with Crippen LogP contribution in [0.1, 0.15) is 91.3 Å². The predicted octanol–water partition coefficient (Wildman–Crippen LogP) is 3.34. The number of fused-ring (bicyclic) bond motifs is 1. The summed E-state index contributed by atoms with van der Waals surface area (Å²) in [7, 11) is 0. The number of Topliss-reactive ketones (excluding diaryl/α,β-unsaturated/α-hetero) is 1. The number of carbonyl (C=O) groups is 3. The molecule has 8 nitrogen and oxygen atoms in total. The third-order valence-corrected chi connectivity index (χ3v) is 8.19. The molecule has 2 unspecified atom stereocenters. The standard InChI is InChI=1S/C23H35N3O5S/c1-4-14-17(27)16-13(11-23(14,2)3)19(22(30)31)32-21(16)26-25-20(29)18(28)15(24)10-12-8-6-5-7-9-12/h12,14-15,18,26,28H,4-11,24H2,1-3H3,(H,25,29)(H,30,31)/t14?,15-,18?/m1/s1. The van der Waals surface area contributed by atoms with Gasteiger partial charge >= 0.3 is 5.97 Å². The van der Waals surface area contributed by atoms with Crippen molar-refractivity contribution in [3.63, 3.8) is 0 Å². The lowest BCUT2D eigenvalue weighted by Gasteiger charge is -2.37. The molecule has 0 radical (unpaired) electrons. The second kappa shape index (κ2) is 9.89. The second-order valence-electron chi connectivity index (χ2n) is 9.87. The molecule has 1 amide bonds. The van der Waals surface area contributed by atoms with Crippen molar-refractivity contribution >= 4 is 34.0 Å². The topological polar surface area (TPSA) is 142 Å². The zero-order valence-electron chi connectivity index (χ0n) is 19.1. The van der Waals surface area contributed by atoms with Gasteiger partial charge in [0, 0.05) is 12.0 Å². The molecule has 6 N–H and O–H groups in total. The number of nitrogens with two attached hydrogens (primary N) is 1. The van der Waals surface area contributed by atoms with E-state index >= 15 is 0 Å². The number of amides is 1. The SMILES string of the molecule is CCC1C(=O)c2c(NNC(=O)C(O)[C@H](N)CC3CCCCC3)sc(C(=O)O)c2CC1(C)C. The van der Waals surface area contributed by atoms with Crippen LogP contribution in [0.25, 0.3) is 0 Å². The van der Waals surface area contributed by atoms with Crippen LogP contribution in [0.2, 0.25) is 0 Å². The van der Waals surface area contributed by atoms with Crippen LogP contribution in [0.4, 0.5) is 5.00 Å². The molecule has 0 bridgehead atoms. The van der Waals surface area contributed by atoms with Crippen LogP contribution in [-0.4, -0.2) is 40.0 Å². The summed E-state index contributed by atoms with van der Waals surface area (Å²) >= 11 is 0.932. The number of ketones is 1. The molecular formula is C23H35N3O5S. The number of aliphatic hydroxyl groups excluding tert-OH is 1. The molecular weight excluding hydrogens is 430 g/mol. The average Bonchev–Trinajstić information content (AvgIpc) is 3.10. The number of aliphatic hydroxyl groups is 1. The third-order valence-electron chi connectivity index (χ3n) is 7.05. The molecule has 178 valence electrons. The van der Waals surface area contributed by atoms with Gasteiger partial charge in [0.05, 0.1) is 5.56 Å². The van der Waals surface area contributed by atoms with E-state index in [0.29, 0.717) is 36.3 Å². The number of thiophene rings is 1. The minimum absolute atomic E-state index is 0.0993. The number of carboxylic acids is 1. The number of anilines is 1. The van der Waals surface area contributed by atoms with E-state index in [1.54, 1.807) is 0 Å². The van der Waals surface area contributed by atoms with E-state index in [9.17, 15) is 24.6 Å². The molecule has 1 saturated carbocycles. The van der Waals surface area contributed by atoms with Crippen molar-refractivity contribution in [3.05, 3.63) is 16.0 Å². The highest BCUT2D eigenvalue weighted by Gasteiger charge is 2.44. The largest absolute Gasteiger partial charge is 0.477 e. The first kappa shape index (κ1) is 24.7. The number of hydrogen-bond donors (Lipinski definition) is 5. The molecule has 9 heteroatoms. The van der Waals surface area contributed by atoms with Crippen LogP contribution in [0.3, 0.4) is 0 Å². The Morgan fingerprint density at radius 3 is 2.50 bits per heavy atom.